The van der Waals surface area contributed by atoms with Gasteiger partial charge in [-0.3, -0.25) is 0 Å². The SMILES string of the molecule is CC12C3=C4C=CC5=c6ccc7c8ccc9c%10ccc%11c%12c(c%13c%14c%15c(c6c7c6c%15c%13c(c%12%10)c9c86)C5C4C=%141)C2C=%11C=C3. The van der Waals surface area contributed by atoms with E-state index in [2.05, 4.69) is 67.6 Å². The number of rotatable bonds is 0. The Bertz CT molecular complexity index is 3260. The van der Waals surface area contributed by atoms with E-state index in [1.54, 1.807) is 109 Å². The smallest absolute Gasteiger partial charge is 0.0262 e. The van der Waals surface area contributed by atoms with Gasteiger partial charge in [-0.25, -0.2) is 0 Å². The average Bonchev–Trinajstić information content (AvgIpc) is 3.79. The van der Waals surface area contributed by atoms with Crippen molar-refractivity contribution in [1.82, 2.24) is 0 Å². The summed E-state index contributed by atoms with van der Waals surface area (Å²) in [5.74, 6) is 1.38. The molecule has 9 aromatic carbocycles. The topological polar surface area (TPSA) is 0 Å². The van der Waals surface area contributed by atoms with E-state index in [0.29, 0.717) is 17.8 Å². The van der Waals surface area contributed by atoms with E-state index in [4.69, 9.17) is 0 Å². The molecule has 41 heavy (non-hydrogen) atoms. The first-order chi connectivity index (χ1) is 20.3. The van der Waals surface area contributed by atoms with Crippen molar-refractivity contribution in [2.45, 2.75) is 18.8 Å². The van der Waals surface area contributed by atoms with Crippen LogP contribution in [0.3, 0.4) is 0 Å². The molecule has 0 nitrogen and oxygen atoms in total. The predicted octanol–water partition coefficient (Wildman–Crippen LogP) is 7.57. The van der Waals surface area contributed by atoms with Gasteiger partial charge in [0.1, 0.15) is 0 Å². The monoisotopic (exact) mass is 508 g/mol. The summed E-state index contributed by atoms with van der Waals surface area (Å²) in [7, 11) is 0. The van der Waals surface area contributed by atoms with Crippen LogP contribution in [-0.2, 0) is 0 Å². The summed E-state index contributed by atoms with van der Waals surface area (Å²) in [6, 6.07) is 14.9. The van der Waals surface area contributed by atoms with Crippen LogP contribution >= 0.6 is 0 Å². The molecular formula is C41H16. The second-order valence-electron chi connectivity index (χ2n) is 14.6. The third-order valence-electron chi connectivity index (χ3n) is 14.0. The number of hydrogen-bond donors (Lipinski definition) is 0. The molecule has 0 aromatic heterocycles. The van der Waals surface area contributed by atoms with E-state index in [1.165, 1.54) is 32.0 Å². The van der Waals surface area contributed by atoms with Crippen LogP contribution in [0.5, 0.6) is 0 Å². The van der Waals surface area contributed by atoms with Gasteiger partial charge >= 0.3 is 0 Å². The van der Waals surface area contributed by atoms with Gasteiger partial charge in [-0.05, 0) is 141 Å². The highest BCUT2D eigenvalue weighted by atomic mass is 14.6. The molecule has 0 radical (unpaired) electrons. The maximum Gasteiger partial charge on any atom is 0.0262 e. The second kappa shape index (κ2) is 4.30. The Morgan fingerprint density at radius 3 is 1.73 bits per heavy atom. The van der Waals surface area contributed by atoms with E-state index < -0.39 is 0 Å². The lowest BCUT2D eigenvalue weighted by atomic mass is 9.57. The van der Waals surface area contributed by atoms with E-state index in [1.807, 2.05) is 0 Å². The molecule has 7 aliphatic carbocycles. The number of benzene rings is 6. The lowest BCUT2D eigenvalue weighted by Gasteiger charge is -2.45. The second-order valence-corrected chi connectivity index (χ2v) is 14.6. The first kappa shape index (κ1) is 17.2. The molecule has 4 atom stereocenters. The maximum atomic E-state index is 2.65. The largest absolute Gasteiger partial charge is 0.0578 e. The highest BCUT2D eigenvalue weighted by Gasteiger charge is 2.61. The quantitative estimate of drug-likeness (QED) is 0.185. The number of allylic oxidation sites excluding steroid dienone is 6. The van der Waals surface area contributed by atoms with Crippen LogP contribution in [0.2, 0.25) is 0 Å². The van der Waals surface area contributed by atoms with Crippen molar-refractivity contribution in [3.8, 4) is 0 Å². The Labute approximate surface area is 231 Å². The van der Waals surface area contributed by atoms with E-state index >= 15 is 0 Å². The summed E-state index contributed by atoms with van der Waals surface area (Å²) < 4.78 is 0. The van der Waals surface area contributed by atoms with Gasteiger partial charge in [-0.15, -0.1) is 0 Å². The Hall–Kier alpha value is -4.68. The van der Waals surface area contributed by atoms with Crippen molar-refractivity contribution < 1.29 is 0 Å². The molecule has 0 bridgehead atoms. The molecule has 0 N–H and O–H groups in total. The average molecular weight is 509 g/mol. The van der Waals surface area contributed by atoms with E-state index in [9.17, 15) is 0 Å². The summed E-state index contributed by atoms with van der Waals surface area (Å²) in [5.41, 5.74) is 11.6. The summed E-state index contributed by atoms with van der Waals surface area (Å²) in [6.07, 6.45) is 10.2. The molecule has 0 heterocycles. The van der Waals surface area contributed by atoms with Crippen molar-refractivity contribution in [2.75, 3.05) is 0 Å². The fourth-order valence-electron chi connectivity index (χ4n) is 13.3. The molecule has 0 aliphatic heterocycles. The normalized spacial score (nSPS) is 29.0. The highest BCUT2D eigenvalue weighted by Crippen LogP contribution is 2.74. The fraction of sp³-hybridized carbons (Fsp3) is 0.122. The molecule has 4 unspecified atom stereocenters. The molecule has 0 spiro atoms. The summed E-state index contributed by atoms with van der Waals surface area (Å²) in [5, 5.41) is 29.9. The molecule has 0 fully saturated rings. The van der Waals surface area contributed by atoms with Gasteiger partial charge in [0.15, 0.2) is 0 Å². The molecule has 0 amide bonds. The number of fused-ring (bicyclic) bond motifs is 2. The molecule has 16 rings (SSSR count). The zero-order chi connectivity index (χ0) is 25.3. The van der Waals surface area contributed by atoms with Gasteiger partial charge in [-0.2, -0.15) is 0 Å². The molecule has 180 valence electrons. The minimum absolute atomic E-state index is 0.0354. The molecule has 0 heteroatoms. The zero-order valence-electron chi connectivity index (χ0n) is 22.0. The summed E-state index contributed by atoms with van der Waals surface area (Å²) in [6.45, 7) is 2.65. The van der Waals surface area contributed by atoms with Crippen LogP contribution in [0, 0.1) is 11.3 Å². The van der Waals surface area contributed by atoms with Crippen LogP contribution in [0.25, 0.3) is 103 Å². The van der Waals surface area contributed by atoms with E-state index in [-0.39, 0.29) is 5.41 Å². The van der Waals surface area contributed by atoms with Crippen molar-refractivity contribution >= 4 is 103 Å². The Morgan fingerprint density at radius 2 is 1.00 bits per heavy atom. The summed E-state index contributed by atoms with van der Waals surface area (Å²) >= 11 is 0. The van der Waals surface area contributed by atoms with Crippen molar-refractivity contribution in [3.63, 3.8) is 0 Å². The van der Waals surface area contributed by atoms with Gasteiger partial charge in [0.05, 0.1) is 0 Å². The van der Waals surface area contributed by atoms with Gasteiger partial charge in [0.2, 0.25) is 0 Å². The highest BCUT2D eigenvalue weighted by molar-refractivity contribution is 6.57. The van der Waals surface area contributed by atoms with Gasteiger partial charge < -0.3 is 0 Å². The van der Waals surface area contributed by atoms with Crippen LogP contribution in [0.4, 0.5) is 0 Å². The van der Waals surface area contributed by atoms with Crippen molar-refractivity contribution in [2.24, 2.45) is 11.3 Å². The van der Waals surface area contributed by atoms with Crippen LogP contribution in [0.15, 0.2) is 71.8 Å². The van der Waals surface area contributed by atoms with Gasteiger partial charge in [0.25, 0.3) is 0 Å². The van der Waals surface area contributed by atoms with Crippen molar-refractivity contribution in [1.29, 1.82) is 0 Å². The molecule has 9 aromatic rings. The Kier molecular flexibility index (Phi) is 1.81. The molecular weight excluding hydrogens is 492 g/mol. The summed E-state index contributed by atoms with van der Waals surface area (Å²) in [4.78, 5) is 0. The molecule has 0 saturated carbocycles. The molecule has 7 aliphatic rings. The lowest BCUT2D eigenvalue weighted by molar-refractivity contribution is 0.482. The first-order valence-electron chi connectivity index (χ1n) is 15.4. The Balaban J connectivity index is 1.49. The van der Waals surface area contributed by atoms with Crippen LogP contribution in [0.1, 0.15) is 29.9 Å². The first-order valence-corrected chi connectivity index (χ1v) is 15.4. The third kappa shape index (κ3) is 1.13. The fourth-order valence-corrected chi connectivity index (χ4v) is 13.3. The Morgan fingerprint density at radius 1 is 0.463 bits per heavy atom. The zero-order valence-corrected chi connectivity index (χ0v) is 22.0. The lowest BCUT2D eigenvalue weighted by Crippen LogP contribution is -2.39. The van der Waals surface area contributed by atoms with Gasteiger partial charge in [0, 0.05) is 23.2 Å². The minimum Gasteiger partial charge on any atom is -0.0578 e. The number of hydrogen-bond acceptors (Lipinski definition) is 0. The van der Waals surface area contributed by atoms with Crippen LogP contribution in [-0.4, -0.2) is 0 Å². The minimum atomic E-state index is 0.0354. The van der Waals surface area contributed by atoms with Crippen molar-refractivity contribution in [3.05, 3.63) is 98.6 Å². The predicted molar refractivity (Wildman–Crippen MR) is 169 cm³/mol. The third-order valence-corrected chi connectivity index (χ3v) is 14.0. The standard InChI is InChI=1S/C41H16/c1-41-21-11-10-19-18-7-6-15-14-3-2-12-13-4-5-16-17-8-9-20(21)29-28(17)32-25(16)24(13)30-22(12)23(14)31-26(15)27(18)37(39(19)41)36-34(31)33(30)35(32)38(36)40(29)41/h2-11,28-29,39H,1H3. The maximum absolute atomic E-state index is 2.65. The molecule has 0 saturated heterocycles. The van der Waals surface area contributed by atoms with E-state index in [0.717, 1.165) is 0 Å². The van der Waals surface area contributed by atoms with Gasteiger partial charge in [-0.1, -0.05) is 67.6 Å². The van der Waals surface area contributed by atoms with Crippen LogP contribution < -0.4 is 15.7 Å².